The highest BCUT2D eigenvalue weighted by Crippen LogP contribution is 1.96. The van der Waals surface area contributed by atoms with Gasteiger partial charge in [-0.05, 0) is 0 Å². The van der Waals surface area contributed by atoms with E-state index in [1.807, 2.05) is 0 Å². The lowest BCUT2D eigenvalue weighted by Gasteiger charge is -1.84. The normalized spacial score (nSPS) is 6.90. The topological polar surface area (TPSA) is 20.2 Å². The van der Waals surface area contributed by atoms with Crippen molar-refractivity contribution in [1.82, 2.24) is 0 Å². The van der Waals surface area contributed by atoms with Gasteiger partial charge in [-0.15, -0.1) is 139 Å². The van der Waals surface area contributed by atoms with Crippen LogP contribution in [0.1, 0.15) is 0 Å². The van der Waals surface area contributed by atoms with E-state index in [0.29, 0.717) is 0 Å². The summed E-state index contributed by atoms with van der Waals surface area (Å²) < 4.78 is 0. The molecule has 1 N–H and O–H groups in total. The van der Waals surface area contributed by atoms with Gasteiger partial charge in [-0.25, -0.2) is 0 Å². The van der Waals surface area contributed by atoms with Gasteiger partial charge in [-0.2, -0.15) is 0 Å². The maximum absolute atomic E-state index is 7.88. The Morgan fingerprint density at radius 1 is 0.500 bits per heavy atom. The van der Waals surface area contributed by atoms with E-state index in [1.165, 1.54) is 0 Å². The predicted molar refractivity (Wildman–Crippen MR) is 105 cm³/mol. The molecule has 1 nitrogen and oxygen atoms in total. The highest BCUT2D eigenvalue weighted by molar-refractivity contribution is 6.44. The molecule has 0 aromatic carbocycles. The monoisotopic (exact) mass is 534 g/mol. The molecule has 0 aliphatic carbocycles. The minimum atomic E-state index is -0.616. The van der Waals surface area contributed by atoms with E-state index in [2.05, 4.69) is 0 Å². The molecule has 0 radical (unpaired) electrons. The Balaban J connectivity index is -0.0000000299. The van der Waals surface area contributed by atoms with Crippen LogP contribution in [0.3, 0.4) is 0 Å². The van der Waals surface area contributed by atoms with Gasteiger partial charge in [0.15, 0.2) is 0 Å². The third-order valence-electron chi connectivity index (χ3n) is 0.138. The molecule has 0 fully saturated rings. The first kappa shape index (κ1) is 38.8. The highest BCUT2D eigenvalue weighted by atomic mass is 35.5. The van der Waals surface area contributed by atoms with Crippen LogP contribution in [0.4, 0.5) is 0 Å². The summed E-state index contributed by atoms with van der Waals surface area (Å²) in [5, 5.41) is 8.85. The minimum Gasteiger partial charge on any atom is -0.394 e. The Morgan fingerprint density at radius 2 is 0.550 bits per heavy atom. The van der Waals surface area contributed by atoms with Crippen LogP contribution in [-0.2, 0) is 0 Å². The molecule has 132 valence electrons. The molecule has 0 aliphatic heterocycles. The Bertz CT molecular complexity index is 67.2. The molecular weight excluding hydrogens is 526 g/mol. The number of halogens is 12. The van der Waals surface area contributed by atoms with Crippen molar-refractivity contribution in [2.75, 3.05) is 33.3 Å². The van der Waals surface area contributed by atoms with E-state index in [0.717, 1.165) is 0 Å². The zero-order valence-electron chi connectivity index (χ0n) is 9.80. The van der Waals surface area contributed by atoms with Crippen molar-refractivity contribution in [3.8, 4) is 0 Å². The van der Waals surface area contributed by atoms with Crippen LogP contribution in [-0.4, -0.2) is 43.2 Å². The second-order valence-corrected chi connectivity index (χ2v) is 6.40. The molecule has 20 heavy (non-hydrogen) atoms. The summed E-state index contributed by atoms with van der Waals surface area (Å²) in [5.41, 5.74) is 0. The molecule has 0 bridgehead atoms. The maximum atomic E-state index is 7.88. The summed E-state index contributed by atoms with van der Waals surface area (Å²) in [4.78, 5) is -0.616. The van der Waals surface area contributed by atoms with E-state index in [-0.39, 0.29) is 33.3 Å². The van der Waals surface area contributed by atoms with Crippen LogP contribution in [0, 0.1) is 0 Å². The SMILES string of the molecule is ClCCl.ClCCl.ClCCl.ClCCl.ClCCl.OCC(Cl)Cl. The first-order valence-corrected chi connectivity index (χ1v) is 10.1. The summed E-state index contributed by atoms with van der Waals surface area (Å²) in [7, 11) is 0. The fraction of sp³-hybridized carbons (Fsp3) is 1.00. The molecule has 0 amide bonds. The van der Waals surface area contributed by atoms with Crippen molar-refractivity contribution >= 4 is 139 Å². The van der Waals surface area contributed by atoms with Crippen LogP contribution in [0.5, 0.6) is 0 Å². The second kappa shape index (κ2) is 66.7. The number of aliphatic hydroxyl groups excluding tert-OH is 1. The summed E-state index contributed by atoms with van der Waals surface area (Å²) in [6, 6.07) is 0. The van der Waals surface area contributed by atoms with Crippen LogP contribution in [0.2, 0.25) is 0 Å². The molecular formula is C7H14Cl12O. The van der Waals surface area contributed by atoms with Gasteiger partial charge < -0.3 is 5.11 Å². The second-order valence-electron chi connectivity index (χ2n) is 1.08. The van der Waals surface area contributed by atoms with Crippen molar-refractivity contribution in [3.63, 3.8) is 0 Å². The molecule has 0 aromatic heterocycles. The van der Waals surface area contributed by atoms with Crippen molar-refractivity contribution in [3.05, 3.63) is 0 Å². The van der Waals surface area contributed by atoms with Crippen LogP contribution >= 0.6 is 139 Å². The molecule has 0 heterocycles. The molecule has 0 aromatic rings. The molecule has 0 atom stereocenters. The van der Waals surface area contributed by atoms with Gasteiger partial charge >= 0.3 is 0 Å². The molecule has 0 rings (SSSR count). The lowest BCUT2D eigenvalue weighted by molar-refractivity contribution is 0.313. The Morgan fingerprint density at radius 3 is 0.550 bits per heavy atom. The fourth-order valence-electron chi connectivity index (χ4n) is 0. The molecule has 0 saturated carbocycles. The van der Waals surface area contributed by atoms with Gasteiger partial charge in [0.2, 0.25) is 0 Å². The number of alkyl halides is 12. The minimum absolute atomic E-state index is 0.164. The quantitative estimate of drug-likeness (QED) is 0.336. The Hall–Kier alpha value is 3.44. The first-order chi connectivity index (χ1) is 9.34. The number of rotatable bonds is 1. The van der Waals surface area contributed by atoms with Crippen molar-refractivity contribution in [2.45, 2.75) is 4.84 Å². The van der Waals surface area contributed by atoms with E-state index in [9.17, 15) is 0 Å². The van der Waals surface area contributed by atoms with E-state index in [4.69, 9.17) is 144 Å². The third kappa shape index (κ3) is 303. The molecule has 13 heteroatoms. The molecule has 0 aliphatic rings. The number of hydrogen-bond acceptors (Lipinski definition) is 1. The van der Waals surface area contributed by atoms with E-state index < -0.39 is 4.84 Å². The largest absolute Gasteiger partial charge is 0.394 e. The van der Waals surface area contributed by atoms with Crippen molar-refractivity contribution < 1.29 is 5.11 Å². The Kier molecular flexibility index (Phi) is 129. The van der Waals surface area contributed by atoms with Gasteiger partial charge in [-0.1, -0.05) is 0 Å². The van der Waals surface area contributed by atoms with Crippen LogP contribution in [0.15, 0.2) is 0 Å². The fourth-order valence-corrected chi connectivity index (χ4v) is 0. The molecule has 0 saturated heterocycles. The molecule has 0 unspecified atom stereocenters. The standard InChI is InChI=1S/C2H4Cl2O.5CH2Cl2/c3-2(4)1-5;5*2-1-3/h2,5H,1H2;5*1H2. The lowest BCUT2D eigenvalue weighted by Crippen LogP contribution is -1.90. The number of aliphatic hydroxyl groups is 1. The summed E-state index contributed by atoms with van der Waals surface area (Å²) in [6.07, 6.45) is 0. The maximum Gasteiger partial charge on any atom is 0.130 e. The zero-order valence-corrected chi connectivity index (χ0v) is 18.9. The summed E-state index contributed by atoms with van der Waals surface area (Å²) in [5.74, 6) is 0. The van der Waals surface area contributed by atoms with Crippen molar-refractivity contribution in [2.24, 2.45) is 0 Å². The van der Waals surface area contributed by atoms with Crippen molar-refractivity contribution in [1.29, 1.82) is 0 Å². The lowest BCUT2D eigenvalue weighted by atomic mass is 10.9. The van der Waals surface area contributed by atoms with E-state index in [1.54, 1.807) is 0 Å². The zero-order chi connectivity index (χ0) is 17.8. The summed E-state index contributed by atoms with van der Waals surface area (Å²) in [6.45, 7) is -0.164. The molecule has 0 spiro atoms. The smallest absolute Gasteiger partial charge is 0.130 e. The Labute approximate surface area is 180 Å². The van der Waals surface area contributed by atoms with E-state index >= 15 is 0 Å². The first-order valence-electron chi connectivity index (χ1n) is 3.83. The summed E-state index contributed by atoms with van der Waals surface area (Å²) >= 11 is 57.6. The van der Waals surface area contributed by atoms with Crippen LogP contribution < -0.4 is 0 Å². The van der Waals surface area contributed by atoms with Gasteiger partial charge in [0.25, 0.3) is 0 Å². The third-order valence-corrected chi connectivity index (χ3v) is 0.414. The predicted octanol–water partition coefficient (Wildman–Crippen LogP) is 7.89. The van der Waals surface area contributed by atoms with Gasteiger partial charge in [-0.3, -0.25) is 0 Å². The highest BCUT2D eigenvalue weighted by Gasteiger charge is 1.88. The van der Waals surface area contributed by atoms with Gasteiger partial charge in [0.1, 0.15) is 4.84 Å². The average Bonchev–Trinajstić information content (AvgIpc) is 2.34. The average molecular weight is 540 g/mol. The van der Waals surface area contributed by atoms with Crippen LogP contribution in [0.25, 0.3) is 0 Å². The van der Waals surface area contributed by atoms with Gasteiger partial charge in [0, 0.05) is 0 Å². The van der Waals surface area contributed by atoms with Gasteiger partial charge in [0.05, 0.1) is 33.3 Å². The number of hydrogen-bond donors (Lipinski definition) is 1.